The molecule has 2 fully saturated rings. The SMILES string of the molecule is O=C(NCCc1ccc(O)c(O)c1)N1CC[C@@H]2[C@H]1C(=O)N2S(=O)(=O)O.[NaH]. The molecule has 3 amide bonds. The summed E-state index contributed by atoms with van der Waals surface area (Å²) in [6.45, 7) is 0.437. The van der Waals surface area contributed by atoms with Gasteiger partial charge in [0.15, 0.2) is 11.5 Å². The van der Waals surface area contributed by atoms with Gasteiger partial charge in [-0.05, 0) is 30.5 Å². The Labute approximate surface area is 171 Å². The summed E-state index contributed by atoms with van der Waals surface area (Å²) in [4.78, 5) is 25.3. The molecule has 2 atom stereocenters. The molecule has 138 valence electrons. The zero-order valence-electron chi connectivity index (χ0n) is 13.0. The van der Waals surface area contributed by atoms with Crippen LogP contribution in [0.2, 0.25) is 0 Å². The van der Waals surface area contributed by atoms with Crippen LogP contribution < -0.4 is 5.32 Å². The number of β-lactam (4-membered cyclic amide) rings is 1. The fourth-order valence-electron chi connectivity index (χ4n) is 3.18. The number of hydrogen-bond acceptors (Lipinski definition) is 6. The van der Waals surface area contributed by atoms with Crippen molar-refractivity contribution in [1.29, 1.82) is 0 Å². The molecule has 2 aliphatic rings. The Morgan fingerprint density at radius 3 is 2.58 bits per heavy atom. The van der Waals surface area contributed by atoms with E-state index in [1.165, 1.54) is 17.0 Å². The van der Waals surface area contributed by atoms with Crippen LogP contribution in [-0.2, 0) is 21.5 Å². The van der Waals surface area contributed by atoms with E-state index in [1.807, 2.05) is 0 Å². The standard InChI is InChI=1S/C14H17N3O7S.Na.H/c18-10-2-1-8(7-11(10)19)3-5-15-14(21)16-6-4-9-12(16)13(20)17(9)25(22,23)24;;/h1-2,7,9,12,18-19H,3-6H2,(H,15,21)(H,22,23,24);;/t9-,12+;;/m1../s1. The summed E-state index contributed by atoms with van der Waals surface area (Å²) >= 11 is 0. The number of nitrogens with zero attached hydrogens (tertiary/aromatic N) is 2. The van der Waals surface area contributed by atoms with Crippen molar-refractivity contribution in [2.75, 3.05) is 13.1 Å². The molecule has 0 radical (unpaired) electrons. The second kappa shape index (κ2) is 7.61. The van der Waals surface area contributed by atoms with Gasteiger partial charge < -0.3 is 20.4 Å². The molecule has 0 unspecified atom stereocenters. The topological polar surface area (TPSA) is 147 Å². The van der Waals surface area contributed by atoms with Crippen LogP contribution in [0.5, 0.6) is 11.5 Å². The van der Waals surface area contributed by atoms with Crippen molar-refractivity contribution in [3.63, 3.8) is 0 Å². The third-order valence-corrected chi connectivity index (χ3v) is 5.32. The monoisotopic (exact) mass is 395 g/mol. The van der Waals surface area contributed by atoms with Crippen molar-refractivity contribution in [3.05, 3.63) is 23.8 Å². The number of benzene rings is 1. The molecule has 1 aromatic carbocycles. The molecular weight excluding hydrogens is 377 g/mol. The average Bonchev–Trinajstić information content (AvgIpc) is 2.88. The molecule has 10 nitrogen and oxygen atoms in total. The van der Waals surface area contributed by atoms with E-state index in [2.05, 4.69) is 5.32 Å². The second-order valence-electron chi connectivity index (χ2n) is 5.91. The molecule has 0 spiro atoms. The molecular formula is C14H18N3NaO7S. The van der Waals surface area contributed by atoms with Gasteiger partial charge in [-0.1, -0.05) is 6.07 Å². The summed E-state index contributed by atoms with van der Waals surface area (Å²) in [5.41, 5.74) is 0.701. The number of rotatable bonds is 4. The molecule has 3 rings (SSSR count). The van der Waals surface area contributed by atoms with Crippen LogP contribution in [0.1, 0.15) is 12.0 Å². The van der Waals surface area contributed by atoms with Gasteiger partial charge in [0, 0.05) is 13.1 Å². The second-order valence-corrected chi connectivity index (χ2v) is 7.20. The molecule has 12 heteroatoms. The zero-order valence-corrected chi connectivity index (χ0v) is 13.8. The summed E-state index contributed by atoms with van der Waals surface area (Å²) in [5, 5.41) is 21.3. The summed E-state index contributed by atoms with van der Waals surface area (Å²) in [7, 11) is -4.60. The normalized spacial score (nSPS) is 21.7. The van der Waals surface area contributed by atoms with Gasteiger partial charge in [0.1, 0.15) is 6.04 Å². The van der Waals surface area contributed by atoms with E-state index in [4.69, 9.17) is 4.55 Å². The summed E-state index contributed by atoms with van der Waals surface area (Å²) in [5.74, 6) is -1.30. The van der Waals surface area contributed by atoms with Crippen LogP contribution >= 0.6 is 0 Å². The molecule has 2 aliphatic heterocycles. The Balaban J connectivity index is 0.00000243. The molecule has 4 N–H and O–H groups in total. The van der Waals surface area contributed by atoms with Crippen LogP contribution in [0, 0.1) is 0 Å². The van der Waals surface area contributed by atoms with Gasteiger partial charge in [0.25, 0.3) is 5.91 Å². The van der Waals surface area contributed by atoms with E-state index in [0.717, 1.165) is 0 Å². The van der Waals surface area contributed by atoms with E-state index in [0.29, 0.717) is 16.3 Å². The predicted molar refractivity (Wildman–Crippen MR) is 91.3 cm³/mol. The van der Waals surface area contributed by atoms with Gasteiger partial charge in [0.2, 0.25) is 0 Å². The minimum absolute atomic E-state index is 0. The van der Waals surface area contributed by atoms with E-state index in [-0.39, 0.29) is 60.6 Å². The number of phenols is 2. The Morgan fingerprint density at radius 1 is 1.27 bits per heavy atom. The minimum atomic E-state index is -4.60. The number of aromatic hydroxyl groups is 2. The number of urea groups is 1. The van der Waals surface area contributed by atoms with Crippen molar-refractivity contribution in [1.82, 2.24) is 14.5 Å². The van der Waals surface area contributed by atoms with Crippen molar-refractivity contribution < 1.29 is 32.8 Å². The van der Waals surface area contributed by atoms with Gasteiger partial charge in [-0.25, -0.2) is 9.10 Å². The quantitative estimate of drug-likeness (QED) is 0.216. The van der Waals surface area contributed by atoms with Crippen molar-refractivity contribution >= 4 is 51.8 Å². The number of carbonyl (C=O) groups is 2. The molecule has 2 heterocycles. The van der Waals surface area contributed by atoms with E-state index in [9.17, 15) is 28.2 Å². The van der Waals surface area contributed by atoms with Crippen LogP contribution in [-0.4, -0.2) is 99.1 Å². The number of hydrogen-bond donors (Lipinski definition) is 4. The molecule has 0 saturated carbocycles. The fourth-order valence-corrected chi connectivity index (χ4v) is 4.08. The third-order valence-electron chi connectivity index (χ3n) is 4.38. The van der Waals surface area contributed by atoms with Gasteiger partial charge in [-0.2, -0.15) is 8.42 Å². The van der Waals surface area contributed by atoms with E-state index >= 15 is 0 Å². The third kappa shape index (κ3) is 3.76. The van der Waals surface area contributed by atoms with Crippen LogP contribution in [0.3, 0.4) is 0 Å². The average molecular weight is 395 g/mol. The first-order valence-corrected chi connectivity index (χ1v) is 8.96. The molecule has 0 aromatic heterocycles. The van der Waals surface area contributed by atoms with Crippen LogP contribution in [0.4, 0.5) is 4.79 Å². The summed E-state index contributed by atoms with van der Waals surface area (Å²) in [6, 6.07) is 2.23. The first-order chi connectivity index (χ1) is 11.7. The molecule has 0 aliphatic carbocycles. The van der Waals surface area contributed by atoms with Gasteiger partial charge in [0.05, 0.1) is 6.04 Å². The summed E-state index contributed by atoms with van der Waals surface area (Å²) in [6.07, 6.45) is 0.669. The number of nitrogens with one attached hydrogen (secondary N) is 1. The maximum absolute atomic E-state index is 12.2. The fraction of sp³-hybridized carbons (Fsp3) is 0.429. The predicted octanol–water partition coefficient (Wildman–Crippen LogP) is -1.21. The Bertz CT molecular complexity index is 832. The number of fused-ring (bicyclic) bond motifs is 1. The van der Waals surface area contributed by atoms with Crippen molar-refractivity contribution in [2.45, 2.75) is 24.9 Å². The number of phenolic OH excluding ortho intramolecular Hbond substituents is 2. The molecule has 0 bridgehead atoms. The zero-order chi connectivity index (χ0) is 18.4. The molecule has 2 saturated heterocycles. The summed E-state index contributed by atoms with van der Waals surface area (Å²) < 4.78 is 31.7. The van der Waals surface area contributed by atoms with Crippen LogP contribution in [0.15, 0.2) is 18.2 Å². The van der Waals surface area contributed by atoms with E-state index < -0.39 is 34.3 Å². The van der Waals surface area contributed by atoms with Crippen molar-refractivity contribution in [2.24, 2.45) is 0 Å². The first-order valence-electron chi connectivity index (χ1n) is 7.56. The first kappa shape index (κ1) is 20.8. The molecule has 26 heavy (non-hydrogen) atoms. The maximum atomic E-state index is 12.2. The number of amides is 3. The Kier molecular flexibility index (Phi) is 6.08. The number of likely N-dealkylation sites (tertiary alicyclic amines) is 1. The van der Waals surface area contributed by atoms with Gasteiger partial charge >= 0.3 is 45.9 Å². The number of carbonyl (C=O) groups excluding carboxylic acids is 2. The van der Waals surface area contributed by atoms with Crippen molar-refractivity contribution in [3.8, 4) is 11.5 Å². The Hall–Kier alpha value is -1.53. The van der Waals surface area contributed by atoms with Crippen LogP contribution in [0.25, 0.3) is 0 Å². The Morgan fingerprint density at radius 2 is 1.96 bits per heavy atom. The van der Waals surface area contributed by atoms with E-state index in [1.54, 1.807) is 6.07 Å². The van der Waals surface area contributed by atoms with Gasteiger partial charge in [-0.3, -0.25) is 9.35 Å². The van der Waals surface area contributed by atoms with Gasteiger partial charge in [-0.15, -0.1) is 0 Å². The molecule has 1 aromatic rings.